The van der Waals surface area contributed by atoms with Crippen molar-refractivity contribution in [3.8, 4) is 17.2 Å². The fraction of sp³-hybridized carbons (Fsp3) is 0.444. The highest BCUT2D eigenvalue weighted by atomic mass is 19.1. The first-order valence-corrected chi connectivity index (χ1v) is 12.8. The molecule has 2 amide bonds. The van der Waals surface area contributed by atoms with Crippen LogP contribution >= 0.6 is 0 Å². The number of anilines is 1. The first kappa shape index (κ1) is 25.4. The third kappa shape index (κ3) is 4.52. The molecule has 0 bridgehead atoms. The fourth-order valence-corrected chi connectivity index (χ4v) is 5.65. The number of nitrogens with zero attached hydrogens (tertiary/aromatic N) is 3. The van der Waals surface area contributed by atoms with Crippen molar-refractivity contribution in [3.63, 3.8) is 0 Å². The number of amides is 2. The molecule has 12 heteroatoms. The molecule has 0 spiro atoms. The molecule has 4 atom stereocenters. The molecule has 39 heavy (non-hydrogen) atoms. The number of hydrogen-bond acceptors (Lipinski definition) is 8. The lowest BCUT2D eigenvalue weighted by Gasteiger charge is -2.21. The highest BCUT2D eigenvalue weighted by Gasteiger charge is 2.39. The fourth-order valence-electron chi connectivity index (χ4n) is 5.65. The van der Waals surface area contributed by atoms with Gasteiger partial charge in [-0.25, -0.2) is 8.78 Å². The number of ether oxygens (including phenoxy) is 3. The Morgan fingerprint density at radius 3 is 2.51 bits per heavy atom. The minimum absolute atomic E-state index is 0.00757. The predicted octanol–water partition coefficient (Wildman–Crippen LogP) is 2.85. The van der Waals surface area contributed by atoms with E-state index in [1.54, 1.807) is 29.3 Å². The Morgan fingerprint density at radius 2 is 1.72 bits per heavy atom. The van der Waals surface area contributed by atoms with Crippen LogP contribution in [0.2, 0.25) is 0 Å². The summed E-state index contributed by atoms with van der Waals surface area (Å²) in [4.78, 5) is 33.5. The van der Waals surface area contributed by atoms with Gasteiger partial charge in [-0.1, -0.05) is 0 Å². The van der Waals surface area contributed by atoms with Crippen LogP contribution in [-0.2, 0) is 6.61 Å². The largest absolute Gasteiger partial charge is 0.493 e. The second-order valence-corrected chi connectivity index (χ2v) is 10.1. The molecule has 2 fully saturated rings. The zero-order chi connectivity index (χ0) is 27.3. The number of rotatable bonds is 6. The Morgan fingerprint density at radius 1 is 0.974 bits per heavy atom. The van der Waals surface area contributed by atoms with Crippen molar-refractivity contribution in [2.75, 3.05) is 38.9 Å². The number of carbonyl (C=O) groups excluding carboxylic acids is 2. The number of alkyl halides is 2. The van der Waals surface area contributed by atoms with Gasteiger partial charge in [0.25, 0.3) is 11.8 Å². The molecule has 2 N–H and O–H groups in total. The van der Waals surface area contributed by atoms with Crippen LogP contribution in [-0.4, -0.2) is 90.9 Å². The Bertz CT molecular complexity index is 1350. The van der Waals surface area contributed by atoms with Gasteiger partial charge in [0.05, 0.1) is 61.4 Å². The number of hydrogen-bond donors (Lipinski definition) is 2. The highest BCUT2D eigenvalue weighted by Crippen LogP contribution is 2.38. The minimum atomic E-state index is -1.10. The molecule has 4 heterocycles. The summed E-state index contributed by atoms with van der Waals surface area (Å²) in [5.74, 6) is 0.279. The number of aliphatic imine (C=N–C) groups is 1. The molecule has 2 saturated heterocycles. The molecule has 0 saturated carbocycles. The third-order valence-electron chi connectivity index (χ3n) is 7.63. The Balaban J connectivity index is 1.21. The Labute approximate surface area is 223 Å². The summed E-state index contributed by atoms with van der Waals surface area (Å²) in [6.45, 7) is -0.186. The predicted molar refractivity (Wildman–Crippen MR) is 137 cm³/mol. The van der Waals surface area contributed by atoms with Crippen LogP contribution in [0.4, 0.5) is 20.2 Å². The van der Waals surface area contributed by atoms with Crippen LogP contribution in [0.1, 0.15) is 39.1 Å². The lowest BCUT2D eigenvalue weighted by molar-refractivity contribution is 0.0740. The first-order valence-electron chi connectivity index (χ1n) is 12.8. The van der Waals surface area contributed by atoms with E-state index in [4.69, 9.17) is 14.2 Å². The number of benzene rings is 2. The topological polar surface area (TPSA) is 113 Å². The lowest BCUT2D eigenvalue weighted by Crippen LogP contribution is -2.37. The monoisotopic (exact) mass is 542 g/mol. The average Bonchev–Trinajstić information content (AvgIpc) is 3.44. The van der Waals surface area contributed by atoms with E-state index in [0.29, 0.717) is 47.0 Å². The summed E-state index contributed by atoms with van der Waals surface area (Å²) < 4.78 is 44.9. The SMILES string of the molecule is COc1cc2c(cc1OCOc1cc3c(cc1CO)C(=O)N1C[C@@H](F)C[C@H]1C=N3)NC[C@@H]1C[C@H](F)CN1C2=O. The van der Waals surface area contributed by atoms with Gasteiger partial charge in [0.1, 0.15) is 18.1 Å². The van der Waals surface area contributed by atoms with E-state index >= 15 is 0 Å². The van der Waals surface area contributed by atoms with Crippen LogP contribution in [0.3, 0.4) is 0 Å². The van der Waals surface area contributed by atoms with Crippen LogP contribution < -0.4 is 19.5 Å². The van der Waals surface area contributed by atoms with Crippen molar-refractivity contribution in [2.45, 2.75) is 43.9 Å². The number of nitrogens with one attached hydrogen (secondary N) is 1. The van der Waals surface area contributed by atoms with Crippen molar-refractivity contribution in [2.24, 2.45) is 4.99 Å². The Kier molecular flexibility index (Phi) is 6.49. The van der Waals surface area contributed by atoms with Gasteiger partial charge in [0, 0.05) is 43.3 Å². The van der Waals surface area contributed by atoms with E-state index in [2.05, 4.69) is 10.3 Å². The van der Waals surface area contributed by atoms with Gasteiger partial charge in [0.15, 0.2) is 11.5 Å². The number of aliphatic hydroxyl groups is 1. The molecule has 4 aliphatic heterocycles. The molecule has 206 valence electrons. The van der Waals surface area contributed by atoms with Crippen molar-refractivity contribution in [1.29, 1.82) is 0 Å². The molecular formula is C27H28F2N4O6. The second kappa shape index (κ2) is 9.99. The van der Waals surface area contributed by atoms with Crippen LogP contribution in [0.25, 0.3) is 0 Å². The van der Waals surface area contributed by atoms with E-state index < -0.39 is 25.0 Å². The van der Waals surface area contributed by atoms with E-state index in [-0.39, 0.29) is 55.5 Å². The molecule has 0 aromatic heterocycles. The summed E-state index contributed by atoms with van der Waals surface area (Å²) in [5, 5.41) is 13.2. The summed E-state index contributed by atoms with van der Waals surface area (Å²) in [5.41, 5.74) is 1.89. The molecule has 6 rings (SSSR count). The van der Waals surface area contributed by atoms with Crippen LogP contribution in [0.5, 0.6) is 17.2 Å². The molecule has 0 radical (unpaired) electrons. The smallest absolute Gasteiger partial charge is 0.256 e. The van der Waals surface area contributed by atoms with Gasteiger partial charge in [-0.2, -0.15) is 0 Å². The summed E-state index contributed by atoms with van der Waals surface area (Å²) in [7, 11) is 1.45. The average molecular weight is 543 g/mol. The van der Waals surface area contributed by atoms with Crippen LogP contribution in [0.15, 0.2) is 29.3 Å². The summed E-state index contributed by atoms with van der Waals surface area (Å²) in [6, 6.07) is 5.61. The summed E-state index contributed by atoms with van der Waals surface area (Å²) >= 11 is 0. The number of methoxy groups -OCH3 is 1. The van der Waals surface area contributed by atoms with Gasteiger partial charge in [-0.3, -0.25) is 14.6 Å². The standard InChI is InChI=1S/C27H28F2N4O6/c1-37-24-5-20-22(31-9-18-4-16(29)11-33(18)27(20)36)7-25(24)39-13-38-23-6-21-19(2-14(23)12-34)26(35)32-10-15(28)3-17(32)8-30-21/h2,5-8,15-18,31,34H,3-4,9-13H2,1H3/t15-,16-,17-,18-/m0/s1. The van der Waals surface area contributed by atoms with E-state index in [0.717, 1.165) is 0 Å². The minimum Gasteiger partial charge on any atom is -0.493 e. The van der Waals surface area contributed by atoms with Gasteiger partial charge >= 0.3 is 0 Å². The maximum atomic E-state index is 13.9. The lowest BCUT2D eigenvalue weighted by atomic mass is 10.1. The van der Waals surface area contributed by atoms with Crippen molar-refractivity contribution in [3.05, 3.63) is 41.0 Å². The molecule has 10 nitrogen and oxygen atoms in total. The molecule has 2 aromatic carbocycles. The second-order valence-electron chi connectivity index (χ2n) is 10.1. The molecule has 2 aromatic rings. The quantitative estimate of drug-likeness (QED) is 0.540. The van der Waals surface area contributed by atoms with Crippen LogP contribution in [0, 0.1) is 0 Å². The maximum Gasteiger partial charge on any atom is 0.256 e. The number of fused-ring (bicyclic) bond motifs is 4. The Hall–Kier alpha value is -3.93. The zero-order valence-electron chi connectivity index (χ0n) is 21.2. The van der Waals surface area contributed by atoms with Gasteiger partial charge in [-0.05, 0) is 12.1 Å². The highest BCUT2D eigenvalue weighted by molar-refractivity contribution is 6.03. The van der Waals surface area contributed by atoms with Crippen molar-refractivity contribution in [1.82, 2.24) is 9.80 Å². The third-order valence-corrected chi connectivity index (χ3v) is 7.63. The van der Waals surface area contributed by atoms with Gasteiger partial charge in [-0.15, -0.1) is 0 Å². The molecular weight excluding hydrogens is 514 g/mol. The van der Waals surface area contributed by atoms with E-state index in [1.807, 2.05) is 0 Å². The number of carbonyl (C=O) groups is 2. The number of aliphatic hydroxyl groups excluding tert-OH is 1. The normalized spacial score (nSPS) is 25.2. The maximum absolute atomic E-state index is 13.9. The summed E-state index contributed by atoms with van der Waals surface area (Å²) in [6.07, 6.45) is -0.0770. The molecule has 4 aliphatic rings. The van der Waals surface area contributed by atoms with Gasteiger partial charge in [0.2, 0.25) is 6.79 Å². The van der Waals surface area contributed by atoms with Crippen molar-refractivity contribution < 1.29 is 37.7 Å². The van der Waals surface area contributed by atoms with E-state index in [1.165, 1.54) is 18.1 Å². The molecule has 0 aliphatic carbocycles. The van der Waals surface area contributed by atoms with E-state index in [9.17, 15) is 23.5 Å². The molecule has 0 unspecified atom stereocenters. The van der Waals surface area contributed by atoms with Gasteiger partial charge < -0.3 is 34.4 Å². The number of halogens is 2. The van der Waals surface area contributed by atoms with Crippen molar-refractivity contribution >= 4 is 29.4 Å². The zero-order valence-corrected chi connectivity index (χ0v) is 21.2. The first-order chi connectivity index (χ1) is 18.9.